The standard InChI is InChI=1S/C13H14N2O2/c16-12-13(6-8-17-9-7-13)14-10-15(12)11-4-2-1-3-5-11/h1-5,10H,6-9H2. The van der Waals surface area contributed by atoms with Crippen molar-refractivity contribution >= 4 is 17.9 Å². The van der Waals surface area contributed by atoms with E-state index in [9.17, 15) is 4.79 Å². The lowest BCUT2D eigenvalue weighted by molar-refractivity contribution is -0.124. The van der Waals surface area contributed by atoms with E-state index in [1.807, 2.05) is 30.3 Å². The van der Waals surface area contributed by atoms with Gasteiger partial charge in [0.25, 0.3) is 5.91 Å². The van der Waals surface area contributed by atoms with Gasteiger partial charge in [0.1, 0.15) is 5.54 Å². The Morgan fingerprint density at radius 1 is 1.18 bits per heavy atom. The number of amides is 1. The van der Waals surface area contributed by atoms with Crippen LogP contribution in [0.1, 0.15) is 12.8 Å². The van der Waals surface area contributed by atoms with E-state index < -0.39 is 5.54 Å². The fourth-order valence-corrected chi connectivity index (χ4v) is 2.32. The molecule has 2 aliphatic rings. The molecule has 88 valence electrons. The molecule has 0 unspecified atom stereocenters. The molecule has 0 bridgehead atoms. The maximum absolute atomic E-state index is 12.4. The van der Waals surface area contributed by atoms with Crippen LogP contribution in [-0.4, -0.2) is 31.0 Å². The van der Waals surface area contributed by atoms with E-state index in [4.69, 9.17) is 4.74 Å². The van der Waals surface area contributed by atoms with Crippen LogP contribution in [0.15, 0.2) is 35.3 Å². The molecule has 0 N–H and O–H groups in total. The number of anilines is 1. The predicted molar refractivity (Wildman–Crippen MR) is 65.2 cm³/mol. The minimum absolute atomic E-state index is 0.0759. The normalized spacial score (nSPS) is 22.4. The molecule has 0 saturated carbocycles. The molecular weight excluding hydrogens is 216 g/mol. The van der Waals surface area contributed by atoms with Crippen LogP contribution in [-0.2, 0) is 9.53 Å². The highest BCUT2D eigenvalue weighted by Crippen LogP contribution is 2.32. The van der Waals surface area contributed by atoms with Crippen LogP contribution in [0, 0.1) is 0 Å². The number of nitrogens with zero attached hydrogens (tertiary/aromatic N) is 2. The maximum atomic E-state index is 12.4. The summed E-state index contributed by atoms with van der Waals surface area (Å²) in [6.07, 6.45) is 3.03. The van der Waals surface area contributed by atoms with E-state index in [0.29, 0.717) is 26.1 Å². The predicted octanol–water partition coefficient (Wildman–Crippen LogP) is 1.61. The molecule has 17 heavy (non-hydrogen) atoms. The van der Waals surface area contributed by atoms with Gasteiger partial charge in [-0.25, -0.2) is 0 Å². The zero-order valence-corrected chi connectivity index (χ0v) is 9.50. The Labute approximate surface area is 99.9 Å². The third-order valence-electron chi connectivity index (χ3n) is 3.39. The second-order valence-corrected chi connectivity index (χ2v) is 4.40. The summed E-state index contributed by atoms with van der Waals surface area (Å²) < 4.78 is 5.30. The van der Waals surface area contributed by atoms with Crippen molar-refractivity contribution in [2.24, 2.45) is 4.99 Å². The molecule has 0 aromatic heterocycles. The molecule has 0 radical (unpaired) electrons. The Kier molecular flexibility index (Phi) is 2.44. The molecule has 4 nitrogen and oxygen atoms in total. The van der Waals surface area contributed by atoms with Gasteiger partial charge >= 0.3 is 0 Å². The van der Waals surface area contributed by atoms with Crippen LogP contribution >= 0.6 is 0 Å². The molecule has 0 atom stereocenters. The molecule has 1 aromatic rings. The lowest BCUT2D eigenvalue weighted by atomic mass is 9.90. The van der Waals surface area contributed by atoms with E-state index in [0.717, 1.165) is 5.69 Å². The summed E-state index contributed by atoms with van der Waals surface area (Å²) in [4.78, 5) is 18.5. The Balaban J connectivity index is 1.88. The van der Waals surface area contributed by atoms with Gasteiger partial charge in [0.05, 0.1) is 6.34 Å². The summed E-state index contributed by atoms with van der Waals surface area (Å²) >= 11 is 0. The zero-order valence-electron chi connectivity index (χ0n) is 9.50. The Morgan fingerprint density at radius 3 is 2.59 bits per heavy atom. The van der Waals surface area contributed by atoms with Crippen molar-refractivity contribution < 1.29 is 9.53 Å². The summed E-state index contributed by atoms with van der Waals surface area (Å²) in [5.74, 6) is 0.0759. The molecule has 3 rings (SSSR count). The largest absolute Gasteiger partial charge is 0.381 e. The highest BCUT2D eigenvalue weighted by atomic mass is 16.5. The van der Waals surface area contributed by atoms with E-state index in [2.05, 4.69) is 4.99 Å². The van der Waals surface area contributed by atoms with Crippen molar-refractivity contribution in [3.8, 4) is 0 Å². The minimum atomic E-state index is -0.561. The Morgan fingerprint density at radius 2 is 1.88 bits per heavy atom. The van der Waals surface area contributed by atoms with Crippen molar-refractivity contribution in [2.45, 2.75) is 18.4 Å². The summed E-state index contributed by atoms with van der Waals surface area (Å²) in [5.41, 5.74) is 0.318. The van der Waals surface area contributed by atoms with Gasteiger partial charge in [-0.1, -0.05) is 18.2 Å². The van der Waals surface area contributed by atoms with Gasteiger partial charge in [0.2, 0.25) is 0 Å². The van der Waals surface area contributed by atoms with Gasteiger partial charge in [0.15, 0.2) is 0 Å². The average Bonchev–Trinajstić information content (AvgIpc) is 2.70. The number of carbonyl (C=O) groups excluding carboxylic acids is 1. The van der Waals surface area contributed by atoms with Gasteiger partial charge in [0, 0.05) is 31.7 Å². The van der Waals surface area contributed by atoms with Crippen LogP contribution in [0.5, 0.6) is 0 Å². The van der Waals surface area contributed by atoms with E-state index in [1.54, 1.807) is 11.2 Å². The average molecular weight is 230 g/mol. The molecule has 1 spiro atoms. The number of para-hydroxylation sites is 1. The van der Waals surface area contributed by atoms with Gasteiger partial charge in [-0.05, 0) is 12.1 Å². The summed E-state index contributed by atoms with van der Waals surface area (Å²) in [5, 5.41) is 0. The third kappa shape index (κ3) is 1.65. The maximum Gasteiger partial charge on any atom is 0.260 e. The minimum Gasteiger partial charge on any atom is -0.381 e. The Hall–Kier alpha value is -1.68. The SMILES string of the molecule is O=C1N(c2ccccc2)C=NC12CCOCC2. The van der Waals surface area contributed by atoms with Crippen LogP contribution < -0.4 is 4.90 Å². The monoisotopic (exact) mass is 230 g/mol. The van der Waals surface area contributed by atoms with Crippen molar-refractivity contribution in [2.75, 3.05) is 18.1 Å². The topological polar surface area (TPSA) is 41.9 Å². The lowest BCUT2D eigenvalue weighted by Gasteiger charge is -2.29. The Bertz CT molecular complexity index is 450. The van der Waals surface area contributed by atoms with Crippen molar-refractivity contribution in [1.82, 2.24) is 0 Å². The van der Waals surface area contributed by atoms with E-state index in [-0.39, 0.29) is 5.91 Å². The molecule has 1 amide bonds. The molecule has 1 saturated heterocycles. The fraction of sp³-hybridized carbons (Fsp3) is 0.385. The van der Waals surface area contributed by atoms with Gasteiger partial charge < -0.3 is 4.74 Å². The van der Waals surface area contributed by atoms with E-state index in [1.165, 1.54) is 0 Å². The van der Waals surface area contributed by atoms with Gasteiger partial charge in [-0.15, -0.1) is 0 Å². The van der Waals surface area contributed by atoms with Crippen LogP contribution in [0.3, 0.4) is 0 Å². The highest BCUT2D eigenvalue weighted by molar-refractivity contribution is 6.16. The first-order valence-corrected chi connectivity index (χ1v) is 5.84. The zero-order chi connectivity index (χ0) is 11.7. The first-order chi connectivity index (χ1) is 8.32. The van der Waals surface area contributed by atoms with Crippen molar-refractivity contribution in [3.63, 3.8) is 0 Å². The second-order valence-electron chi connectivity index (χ2n) is 4.40. The molecule has 2 heterocycles. The molecule has 2 aliphatic heterocycles. The number of benzene rings is 1. The summed E-state index contributed by atoms with van der Waals surface area (Å²) in [7, 11) is 0. The fourth-order valence-electron chi connectivity index (χ4n) is 2.32. The highest BCUT2D eigenvalue weighted by Gasteiger charge is 2.46. The smallest absolute Gasteiger partial charge is 0.260 e. The van der Waals surface area contributed by atoms with Crippen LogP contribution in [0.25, 0.3) is 0 Å². The van der Waals surface area contributed by atoms with E-state index >= 15 is 0 Å². The summed E-state index contributed by atoms with van der Waals surface area (Å²) in [6.45, 7) is 1.23. The third-order valence-corrected chi connectivity index (χ3v) is 3.39. The van der Waals surface area contributed by atoms with Crippen molar-refractivity contribution in [1.29, 1.82) is 0 Å². The molecule has 1 fully saturated rings. The second kappa shape index (κ2) is 3.96. The quantitative estimate of drug-likeness (QED) is 0.735. The molecular formula is C13H14N2O2. The van der Waals surface area contributed by atoms with Crippen LogP contribution in [0.2, 0.25) is 0 Å². The number of aliphatic imine (C=N–C) groups is 1. The number of hydrogen-bond donors (Lipinski definition) is 0. The first kappa shape index (κ1) is 10.5. The van der Waals surface area contributed by atoms with Gasteiger partial charge in [-0.3, -0.25) is 14.7 Å². The molecule has 4 heteroatoms. The number of rotatable bonds is 1. The number of ether oxygens (including phenoxy) is 1. The lowest BCUT2D eigenvalue weighted by Crippen LogP contribution is -2.45. The van der Waals surface area contributed by atoms with Gasteiger partial charge in [-0.2, -0.15) is 0 Å². The summed E-state index contributed by atoms with van der Waals surface area (Å²) in [6, 6.07) is 9.62. The van der Waals surface area contributed by atoms with Crippen molar-refractivity contribution in [3.05, 3.63) is 30.3 Å². The first-order valence-electron chi connectivity index (χ1n) is 5.84. The number of hydrogen-bond acceptors (Lipinski definition) is 3. The molecule has 0 aliphatic carbocycles. The number of carbonyl (C=O) groups is 1. The van der Waals surface area contributed by atoms with Crippen LogP contribution in [0.4, 0.5) is 5.69 Å². The molecule has 1 aromatic carbocycles.